The molecule has 5 rings (SSSR count). The Kier molecular flexibility index (Phi) is 4.84. The minimum Gasteiger partial charge on any atom is -0.396 e. The molecule has 29 heavy (non-hydrogen) atoms. The Labute approximate surface area is 178 Å². The lowest BCUT2D eigenvalue weighted by molar-refractivity contribution is -0.163. The van der Waals surface area contributed by atoms with Gasteiger partial charge in [-0.05, 0) is 110 Å². The van der Waals surface area contributed by atoms with Gasteiger partial charge in [-0.15, -0.1) is 0 Å². The lowest BCUT2D eigenvalue weighted by atomic mass is 9.39. The smallest absolute Gasteiger partial charge is 0.0593 e. The van der Waals surface area contributed by atoms with E-state index in [2.05, 4.69) is 33.8 Å². The largest absolute Gasteiger partial charge is 0.396 e. The summed E-state index contributed by atoms with van der Waals surface area (Å²) in [6, 6.07) is 0. The van der Waals surface area contributed by atoms with E-state index in [-0.39, 0.29) is 24.0 Å². The summed E-state index contributed by atoms with van der Waals surface area (Å²) in [5, 5.41) is 20.6. The SMILES string of the molecule is CC1(C)CCC2CCC3C(=CCC4C3(C)CCC3C(CO)C(O)CCC34C)C2C1. The van der Waals surface area contributed by atoms with E-state index in [0.717, 1.165) is 36.5 Å². The molecule has 2 N–H and O–H groups in total. The number of fused-ring (bicyclic) bond motifs is 7. The maximum absolute atomic E-state index is 10.6. The molecule has 0 aliphatic heterocycles. The number of aliphatic hydroxyl groups excluding tert-OH is 2. The van der Waals surface area contributed by atoms with E-state index in [9.17, 15) is 10.2 Å². The quantitative estimate of drug-likeness (QED) is 0.532. The average Bonchev–Trinajstić information content (AvgIpc) is 2.67. The maximum atomic E-state index is 10.6. The van der Waals surface area contributed by atoms with Crippen LogP contribution in [-0.2, 0) is 0 Å². The van der Waals surface area contributed by atoms with E-state index in [0.29, 0.717) is 16.7 Å². The third kappa shape index (κ3) is 2.94. The van der Waals surface area contributed by atoms with Crippen molar-refractivity contribution in [3.05, 3.63) is 11.6 Å². The molecule has 4 fully saturated rings. The average molecular weight is 401 g/mol. The zero-order valence-corrected chi connectivity index (χ0v) is 19.3. The predicted molar refractivity (Wildman–Crippen MR) is 118 cm³/mol. The highest BCUT2D eigenvalue weighted by atomic mass is 16.3. The molecule has 2 heteroatoms. The molecule has 0 aromatic carbocycles. The van der Waals surface area contributed by atoms with E-state index >= 15 is 0 Å². The Morgan fingerprint density at radius 1 is 0.931 bits per heavy atom. The molecule has 0 saturated heterocycles. The summed E-state index contributed by atoms with van der Waals surface area (Å²) < 4.78 is 0. The van der Waals surface area contributed by atoms with Crippen molar-refractivity contribution in [2.45, 2.75) is 98.0 Å². The van der Waals surface area contributed by atoms with Crippen molar-refractivity contribution >= 4 is 0 Å². The van der Waals surface area contributed by atoms with Gasteiger partial charge in [-0.3, -0.25) is 0 Å². The molecule has 9 atom stereocenters. The highest BCUT2D eigenvalue weighted by molar-refractivity contribution is 5.27. The Morgan fingerprint density at radius 2 is 1.69 bits per heavy atom. The fourth-order valence-corrected chi connectivity index (χ4v) is 9.63. The van der Waals surface area contributed by atoms with Crippen LogP contribution in [0, 0.1) is 51.8 Å². The standard InChI is InChI=1S/C27H44O2/c1-25(2)12-9-17-5-7-21-18(19(17)15-25)6-8-24-26(21,3)13-10-22-20(16-28)23(29)11-14-27(22,24)4/h6,17,19-24,28-29H,5,7-16H2,1-4H3. The molecule has 9 unspecified atom stereocenters. The van der Waals surface area contributed by atoms with Crippen molar-refractivity contribution in [2.75, 3.05) is 6.61 Å². The van der Waals surface area contributed by atoms with E-state index < -0.39 is 0 Å². The zero-order chi connectivity index (χ0) is 20.6. The van der Waals surface area contributed by atoms with Gasteiger partial charge in [-0.25, -0.2) is 0 Å². The fourth-order valence-electron chi connectivity index (χ4n) is 9.63. The second-order valence-electron chi connectivity index (χ2n) is 13.0. The molecule has 5 aliphatic rings. The van der Waals surface area contributed by atoms with Crippen LogP contribution in [-0.4, -0.2) is 22.9 Å². The Bertz CT molecular complexity index is 680. The van der Waals surface area contributed by atoms with E-state index in [4.69, 9.17) is 0 Å². The molecule has 5 aliphatic carbocycles. The molecule has 0 radical (unpaired) electrons. The monoisotopic (exact) mass is 400 g/mol. The van der Waals surface area contributed by atoms with Crippen LogP contribution < -0.4 is 0 Å². The summed E-state index contributed by atoms with van der Waals surface area (Å²) >= 11 is 0. The van der Waals surface area contributed by atoms with Gasteiger partial charge in [0.1, 0.15) is 0 Å². The minimum atomic E-state index is -0.294. The van der Waals surface area contributed by atoms with Gasteiger partial charge in [0.05, 0.1) is 6.10 Å². The molecule has 2 nitrogen and oxygen atoms in total. The number of hydrogen-bond donors (Lipinski definition) is 2. The summed E-state index contributed by atoms with van der Waals surface area (Å²) in [4.78, 5) is 0. The summed E-state index contributed by atoms with van der Waals surface area (Å²) in [5.41, 5.74) is 3.08. The van der Waals surface area contributed by atoms with Crippen LogP contribution in [0.3, 0.4) is 0 Å². The van der Waals surface area contributed by atoms with Crippen molar-refractivity contribution in [3.63, 3.8) is 0 Å². The van der Waals surface area contributed by atoms with Gasteiger partial charge < -0.3 is 10.2 Å². The maximum Gasteiger partial charge on any atom is 0.0593 e. The first-order valence-electron chi connectivity index (χ1n) is 12.7. The number of aliphatic hydroxyl groups is 2. The zero-order valence-electron chi connectivity index (χ0n) is 19.3. The molecule has 0 bridgehead atoms. The van der Waals surface area contributed by atoms with Gasteiger partial charge in [-0.2, -0.15) is 0 Å². The third-order valence-corrected chi connectivity index (χ3v) is 11.2. The lowest BCUT2D eigenvalue weighted by Crippen LogP contribution is -2.59. The topological polar surface area (TPSA) is 40.5 Å². The highest BCUT2D eigenvalue weighted by Crippen LogP contribution is 2.69. The fraction of sp³-hybridized carbons (Fsp3) is 0.926. The summed E-state index contributed by atoms with van der Waals surface area (Å²) in [6.07, 6.45) is 15.3. The van der Waals surface area contributed by atoms with Crippen molar-refractivity contribution in [3.8, 4) is 0 Å². The molecule has 0 aromatic rings. The van der Waals surface area contributed by atoms with Gasteiger partial charge in [0.15, 0.2) is 0 Å². The van der Waals surface area contributed by atoms with Crippen molar-refractivity contribution in [2.24, 2.45) is 51.8 Å². The van der Waals surface area contributed by atoms with Crippen LogP contribution in [0.1, 0.15) is 91.9 Å². The lowest BCUT2D eigenvalue weighted by Gasteiger charge is -2.65. The van der Waals surface area contributed by atoms with E-state index in [1.54, 1.807) is 0 Å². The second-order valence-corrected chi connectivity index (χ2v) is 13.0. The van der Waals surface area contributed by atoms with E-state index in [1.165, 1.54) is 51.4 Å². The van der Waals surface area contributed by atoms with Gasteiger partial charge in [0.2, 0.25) is 0 Å². The molecule has 4 saturated carbocycles. The third-order valence-electron chi connectivity index (χ3n) is 11.2. The van der Waals surface area contributed by atoms with E-state index in [1.807, 2.05) is 5.57 Å². The van der Waals surface area contributed by atoms with Crippen molar-refractivity contribution < 1.29 is 10.2 Å². The summed E-state index contributed by atoms with van der Waals surface area (Å²) in [6.45, 7) is 10.3. The number of hydrogen-bond acceptors (Lipinski definition) is 2. The Balaban J connectivity index is 1.49. The predicted octanol–water partition coefficient (Wildman–Crippen LogP) is 5.97. The van der Waals surface area contributed by atoms with Crippen LogP contribution in [0.2, 0.25) is 0 Å². The molecule has 0 heterocycles. The molecule has 0 spiro atoms. The van der Waals surface area contributed by atoms with Gasteiger partial charge in [0, 0.05) is 12.5 Å². The normalized spacial score (nSPS) is 53.7. The van der Waals surface area contributed by atoms with Gasteiger partial charge in [0.25, 0.3) is 0 Å². The van der Waals surface area contributed by atoms with Crippen LogP contribution >= 0.6 is 0 Å². The van der Waals surface area contributed by atoms with Crippen LogP contribution in [0.4, 0.5) is 0 Å². The molecule has 0 amide bonds. The molecule has 164 valence electrons. The highest BCUT2D eigenvalue weighted by Gasteiger charge is 2.61. The van der Waals surface area contributed by atoms with Gasteiger partial charge in [-0.1, -0.05) is 39.3 Å². The molecule has 0 aromatic heterocycles. The van der Waals surface area contributed by atoms with Crippen LogP contribution in [0.15, 0.2) is 11.6 Å². The second kappa shape index (κ2) is 6.83. The van der Waals surface area contributed by atoms with Crippen LogP contribution in [0.5, 0.6) is 0 Å². The summed E-state index contributed by atoms with van der Waals surface area (Å²) in [7, 11) is 0. The number of rotatable bonds is 1. The Morgan fingerprint density at radius 3 is 2.45 bits per heavy atom. The molecular weight excluding hydrogens is 356 g/mol. The number of allylic oxidation sites excluding steroid dienone is 2. The van der Waals surface area contributed by atoms with Gasteiger partial charge >= 0.3 is 0 Å². The first kappa shape index (κ1) is 20.6. The first-order valence-corrected chi connectivity index (χ1v) is 12.7. The van der Waals surface area contributed by atoms with Crippen molar-refractivity contribution in [1.82, 2.24) is 0 Å². The van der Waals surface area contributed by atoms with Crippen LogP contribution in [0.25, 0.3) is 0 Å². The minimum absolute atomic E-state index is 0.0959. The first-order chi connectivity index (χ1) is 13.7. The molecular formula is C27H44O2. The summed E-state index contributed by atoms with van der Waals surface area (Å²) in [5.74, 6) is 3.89. The Hall–Kier alpha value is -0.340. The van der Waals surface area contributed by atoms with Crippen molar-refractivity contribution in [1.29, 1.82) is 0 Å².